The van der Waals surface area contributed by atoms with Gasteiger partial charge >= 0.3 is 11.9 Å². The molecule has 36 heavy (non-hydrogen) atoms. The molecule has 0 aliphatic rings. The van der Waals surface area contributed by atoms with Crippen LogP contribution in [0.3, 0.4) is 0 Å². The van der Waals surface area contributed by atoms with Crippen LogP contribution in [0.2, 0.25) is 0 Å². The van der Waals surface area contributed by atoms with E-state index in [0.29, 0.717) is 6.42 Å². The fourth-order valence-electron chi connectivity index (χ4n) is 3.25. The second kappa shape index (κ2) is 27.2. The van der Waals surface area contributed by atoms with E-state index >= 15 is 0 Å². The third kappa shape index (κ3) is 24.7. The zero-order valence-corrected chi connectivity index (χ0v) is 22.7. The summed E-state index contributed by atoms with van der Waals surface area (Å²) in [5, 5.41) is 9.40. The molecule has 0 aliphatic heterocycles. The summed E-state index contributed by atoms with van der Waals surface area (Å²) in [4.78, 5) is 23.8. The number of esters is 2. The highest BCUT2D eigenvalue weighted by Crippen LogP contribution is 2.07. The quantitative estimate of drug-likeness (QED) is 0.0879. The highest BCUT2D eigenvalue weighted by molar-refractivity contribution is 5.71. The van der Waals surface area contributed by atoms with E-state index in [-0.39, 0.29) is 32.0 Å². The summed E-state index contributed by atoms with van der Waals surface area (Å²) in [6.07, 6.45) is 33.2. The van der Waals surface area contributed by atoms with Crippen LogP contribution in [0.5, 0.6) is 0 Å². The lowest BCUT2D eigenvalue weighted by Gasteiger charge is -2.15. The molecule has 0 bridgehead atoms. The number of allylic oxidation sites excluding steroid dienone is 9. The van der Waals surface area contributed by atoms with Crippen LogP contribution in [0.15, 0.2) is 60.8 Å². The lowest BCUT2D eigenvalue weighted by molar-refractivity contribution is -0.160. The van der Waals surface area contributed by atoms with E-state index in [1.165, 1.54) is 38.5 Å². The molecular weight excluding hydrogens is 452 g/mol. The topological polar surface area (TPSA) is 72.8 Å². The molecule has 1 unspecified atom stereocenters. The number of ether oxygens (including phenoxy) is 2. The minimum atomic E-state index is -0.840. The van der Waals surface area contributed by atoms with Gasteiger partial charge in [0.15, 0.2) is 6.10 Å². The van der Waals surface area contributed by atoms with Crippen LogP contribution in [0.4, 0.5) is 0 Å². The number of rotatable bonds is 23. The molecule has 0 spiro atoms. The van der Waals surface area contributed by atoms with Gasteiger partial charge in [0.25, 0.3) is 0 Å². The van der Waals surface area contributed by atoms with Crippen molar-refractivity contribution in [3.8, 4) is 0 Å². The molecular formula is C31H50O5. The molecule has 0 rings (SSSR count). The van der Waals surface area contributed by atoms with Crippen LogP contribution in [-0.4, -0.2) is 36.4 Å². The fraction of sp³-hybridized carbons (Fsp3) is 0.613. The third-order valence-electron chi connectivity index (χ3n) is 5.34. The van der Waals surface area contributed by atoms with E-state index in [4.69, 9.17) is 9.47 Å². The zero-order valence-electron chi connectivity index (χ0n) is 22.7. The maximum atomic E-state index is 11.9. The molecule has 1 N–H and O–H groups in total. The van der Waals surface area contributed by atoms with Gasteiger partial charge in [-0.3, -0.25) is 9.59 Å². The number of aliphatic hydroxyl groups excluding tert-OH is 1. The van der Waals surface area contributed by atoms with Crippen LogP contribution in [0.1, 0.15) is 104 Å². The summed E-state index contributed by atoms with van der Waals surface area (Å²) in [6, 6.07) is 0. The van der Waals surface area contributed by atoms with Gasteiger partial charge < -0.3 is 14.6 Å². The summed E-state index contributed by atoms with van der Waals surface area (Å²) in [7, 11) is 0. The van der Waals surface area contributed by atoms with Gasteiger partial charge in [0.1, 0.15) is 6.61 Å². The van der Waals surface area contributed by atoms with E-state index in [0.717, 1.165) is 32.1 Å². The Kier molecular flexibility index (Phi) is 25.4. The number of hydrogen-bond donors (Lipinski definition) is 1. The number of hydrogen-bond acceptors (Lipinski definition) is 5. The summed E-state index contributed by atoms with van der Waals surface area (Å²) in [5.74, 6) is -0.822. The molecule has 204 valence electrons. The van der Waals surface area contributed by atoms with Crippen molar-refractivity contribution in [1.82, 2.24) is 0 Å². The molecule has 0 aliphatic carbocycles. The zero-order chi connectivity index (χ0) is 26.5. The van der Waals surface area contributed by atoms with Gasteiger partial charge in [0.2, 0.25) is 0 Å². The Labute approximate surface area is 220 Å². The average molecular weight is 503 g/mol. The van der Waals surface area contributed by atoms with Gasteiger partial charge in [-0.05, 0) is 44.9 Å². The van der Waals surface area contributed by atoms with Gasteiger partial charge in [-0.2, -0.15) is 0 Å². The Balaban J connectivity index is 3.84. The van der Waals surface area contributed by atoms with Crippen LogP contribution in [-0.2, 0) is 19.1 Å². The molecule has 5 nitrogen and oxygen atoms in total. The van der Waals surface area contributed by atoms with Crippen LogP contribution in [0.25, 0.3) is 0 Å². The highest BCUT2D eigenvalue weighted by Gasteiger charge is 2.15. The fourth-order valence-corrected chi connectivity index (χ4v) is 3.25. The minimum absolute atomic E-state index is 0.117. The number of unbranched alkanes of at least 4 members (excludes halogenated alkanes) is 6. The Bertz CT molecular complexity index is 672. The van der Waals surface area contributed by atoms with E-state index in [9.17, 15) is 14.7 Å². The third-order valence-corrected chi connectivity index (χ3v) is 5.34. The normalized spacial score (nSPS) is 13.1. The van der Waals surface area contributed by atoms with Crippen LogP contribution in [0, 0.1) is 0 Å². The van der Waals surface area contributed by atoms with Crippen molar-refractivity contribution in [2.75, 3.05) is 13.2 Å². The Morgan fingerprint density at radius 3 is 1.94 bits per heavy atom. The molecule has 0 saturated heterocycles. The lowest BCUT2D eigenvalue weighted by Crippen LogP contribution is -2.28. The van der Waals surface area contributed by atoms with Crippen molar-refractivity contribution in [2.45, 2.75) is 110 Å². The number of aliphatic hydroxyl groups is 1. The second-order valence-corrected chi connectivity index (χ2v) is 8.75. The van der Waals surface area contributed by atoms with Crippen molar-refractivity contribution in [2.24, 2.45) is 0 Å². The van der Waals surface area contributed by atoms with Gasteiger partial charge in [-0.15, -0.1) is 0 Å². The summed E-state index contributed by atoms with van der Waals surface area (Å²) >= 11 is 0. The monoisotopic (exact) mass is 502 g/mol. The standard InChI is InChI=1S/C31H50O5/c1-3-5-7-9-11-13-14-15-16-18-19-21-23-25-30(33)35-28-29(27-32)36-31(34)26-24-22-20-17-12-10-8-6-4-2/h6,8,12,15-17,19,21-22,24,29,32H,3-5,7,9-11,13-14,18,20,23,25-28H2,1-2H3/b8-6+,16-15+,17-12+,21-19+,24-22+. The van der Waals surface area contributed by atoms with Gasteiger partial charge in [0.05, 0.1) is 13.0 Å². The molecule has 0 amide bonds. The Hall–Kier alpha value is -2.40. The molecule has 0 fully saturated rings. The van der Waals surface area contributed by atoms with Crippen LogP contribution >= 0.6 is 0 Å². The lowest BCUT2D eigenvalue weighted by atomic mass is 10.1. The minimum Gasteiger partial charge on any atom is -0.462 e. The first kappa shape index (κ1) is 33.6. The van der Waals surface area contributed by atoms with Gasteiger partial charge in [-0.25, -0.2) is 0 Å². The molecule has 0 heterocycles. The summed E-state index contributed by atoms with van der Waals surface area (Å²) in [6.45, 7) is 3.82. The molecule has 1 atom stereocenters. The van der Waals surface area contributed by atoms with Crippen molar-refractivity contribution < 1.29 is 24.2 Å². The van der Waals surface area contributed by atoms with E-state index in [1.807, 2.05) is 18.2 Å². The second-order valence-electron chi connectivity index (χ2n) is 8.75. The smallest absolute Gasteiger partial charge is 0.310 e. The van der Waals surface area contributed by atoms with Crippen molar-refractivity contribution in [3.63, 3.8) is 0 Å². The molecule has 0 radical (unpaired) electrons. The maximum Gasteiger partial charge on any atom is 0.310 e. The molecule has 0 aromatic carbocycles. The van der Waals surface area contributed by atoms with E-state index < -0.39 is 12.1 Å². The van der Waals surface area contributed by atoms with E-state index in [1.54, 1.807) is 6.08 Å². The predicted molar refractivity (Wildman–Crippen MR) is 150 cm³/mol. The first-order valence-corrected chi connectivity index (χ1v) is 13.8. The average Bonchev–Trinajstić information content (AvgIpc) is 2.88. The van der Waals surface area contributed by atoms with Crippen molar-refractivity contribution in [3.05, 3.63) is 60.8 Å². The number of carbonyl (C=O) groups excluding carboxylic acids is 2. The number of carbonyl (C=O) groups is 2. The molecule has 0 aromatic heterocycles. The SMILES string of the molecule is CC/C=C/C/C=C/C/C=C/CC(=O)OC(CO)COC(=O)CC/C=C/C/C=C/CCCCCCCC. The molecule has 0 aromatic rings. The first-order chi connectivity index (χ1) is 17.6. The van der Waals surface area contributed by atoms with Gasteiger partial charge in [0, 0.05) is 6.42 Å². The Morgan fingerprint density at radius 2 is 1.28 bits per heavy atom. The predicted octanol–water partition coefficient (Wildman–Crippen LogP) is 7.72. The molecule has 0 saturated carbocycles. The van der Waals surface area contributed by atoms with Crippen molar-refractivity contribution >= 4 is 11.9 Å². The van der Waals surface area contributed by atoms with Gasteiger partial charge in [-0.1, -0.05) is 107 Å². The van der Waals surface area contributed by atoms with Crippen LogP contribution < -0.4 is 0 Å². The molecule has 5 heteroatoms. The highest BCUT2D eigenvalue weighted by atomic mass is 16.6. The summed E-state index contributed by atoms with van der Waals surface area (Å²) < 4.78 is 10.3. The van der Waals surface area contributed by atoms with Crippen molar-refractivity contribution in [1.29, 1.82) is 0 Å². The Morgan fingerprint density at radius 1 is 0.694 bits per heavy atom. The first-order valence-electron chi connectivity index (χ1n) is 13.8. The maximum absolute atomic E-state index is 11.9. The summed E-state index contributed by atoms with van der Waals surface area (Å²) in [5.41, 5.74) is 0. The largest absolute Gasteiger partial charge is 0.462 e. The van der Waals surface area contributed by atoms with E-state index in [2.05, 4.69) is 50.3 Å².